The molecule has 0 aliphatic carbocycles. The highest BCUT2D eigenvalue weighted by Crippen LogP contribution is 2.43. The van der Waals surface area contributed by atoms with Crippen LogP contribution in [0, 0.1) is 23.7 Å². The van der Waals surface area contributed by atoms with E-state index < -0.39 is 0 Å². The highest BCUT2D eigenvalue weighted by atomic mass is 16.5. The summed E-state index contributed by atoms with van der Waals surface area (Å²) in [5, 5.41) is 16.2. The second-order valence-electron chi connectivity index (χ2n) is 33.6. The molecule has 26 heteroatoms. The molecule has 7 aliphatic heterocycles. The third-order valence-corrected chi connectivity index (χ3v) is 25.0. The summed E-state index contributed by atoms with van der Waals surface area (Å²) in [5.41, 5.74) is 43.7. The van der Waals surface area contributed by atoms with Crippen LogP contribution in [0.15, 0.2) is 78.9 Å². The minimum atomic E-state index is -0.142. The van der Waals surface area contributed by atoms with Gasteiger partial charge < -0.3 is 99.4 Å². The fourth-order valence-electron chi connectivity index (χ4n) is 17.6. The standard InChI is InChI=1S/C17H23N3O.C16H21N3O.C16H23N3O.C15H24N4O.C15H21N3O.C14H19N3O2.CH4/c1-3-11-7-13-15(21-10-11)6-5-14-16(13)20-9-12(4-2)8-18-17(20)19-14;1-3-10-8-17-16-18-13-5-6-14-12(7-11(4-2)20-14)15(13)19(16)9-10;1-3-5-8-19-15-12-9-11(4-2)10-20-14(12)7-6-13(15)18-16(19)17;1-4-5-8-19-14-11-12(20-10-9-18(2)3)6-7-13(14)17-15(19)16;1-3-5-8-18-14-11-9-10(4-2)19-13(11)7-6-12(14)17-15(18)16;1-2-3-6-17-13-10-7-9(8-18)19-12(10)5-4-11(13)16-14(17)15;/h5-6,11-12H,3-4,7-10H2,1-2H3,(H,18,19);5-6,10-11H,3-4,7-9H2,1-2H3,(H,17,18);6-7,11H,3-5,8-10H2,1-2H3,(H2,17,18);6-7,11H,4-5,8-10H2,1-3H3,(H2,16,17);6-7,10H,3-5,8-9H2,1-2H3,(H2,16,17);4-5,9,18H,2-3,6-8H2,1H3,(H2,15,16);1H4. The Morgan fingerprint density at radius 3 is 1.17 bits per heavy atom. The van der Waals surface area contributed by atoms with Gasteiger partial charge in [0.1, 0.15) is 59.4 Å². The number of hydrogen-bond acceptors (Lipinski definition) is 20. The molecule has 26 nitrogen and oxygen atoms in total. The van der Waals surface area contributed by atoms with Gasteiger partial charge in [0.2, 0.25) is 35.7 Å². The first kappa shape index (κ1) is 87.5. The number of aromatic nitrogens is 12. The Kier molecular flexibility index (Phi) is 29.1. The van der Waals surface area contributed by atoms with Gasteiger partial charge in [0.15, 0.2) is 0 Å². The zero-order valence-corrected chi connectivity index (χ0v) is 72.7. The fraction of sp³-hybridized carbons (Fsp3) is 0.553. The third kappa shape index (κ3) is 18.7. The average Bonchev–Trinajstić information content (AvgIpc) is 1.58. The van der Waals surface area contributed by atoms with E-state index in [0.29, 0.717) is 66.3 Å². The quantitative estimate of drug-likeness (QED) is 0.0313. The van der Waals surface area contributed by atoms with Gasteiger partial charge in [-0.2, -0.15) is 0 Å². The van der Waals surface area contributed by atoms with Crippen LogP contribution in [-0.2, 0) is 71.4 Å². The number of likely N-dealkylation sites (N-methyl/N-ethyl adjacent to an activating group) is 1. The Morgan fingerprint density at radius 2 is 0.767 bits per heavy atom. The van der Waals surface area contributed by atoms with Gasteiger partial charge in [-0.1, -0.05) is 102 Å². The number of unbranched alkanes of at least 4 members (excludes halogenated alkanes) is 4. The van der Waals surface area contributed by atoms with Crippen molar-refractivity contribution in [3.05, 3.63) is 107 Å². The molecule has 648 valence electrons. The summed E-state index contributed by atoms with van der Waals surface area (Å²) in [7, 11) is 4.07. The highest BCUT2D eigenvalue weighted by molar-refractivity contribution is 5.89. The number of ether oxygens (including phenoxy) is 6. The number of hydrogen-bond donors (Lipinski definition) is 7. The van der Waals surface area contributed by atoms with Crippen LogP contribution in [0.1, 0.15) is 194 Å². The van der Waals surface area contributed by atoms with Gasteiger partial charge in [0.25, 0.3) is 0 Å². The summed E-state index contributed by atoms with van der Waals surface area (Å²) in [4.78, 5) is 29.4. The number of nitrogen functional groups attached to an aromatic ring is 4. The zero-order valence-electron chi connectivity index (χ0n) is 72.7. The maximum absolute atomic E-state index is 9.25. The van der Waals surface area contributed by atoms with Crippen LogP contribution >= 0.6 is 0 Å². The van der Waals surface area contributed by atoms with Crippen LogP contribution in [0.4, 0.5) is 35.7 Å². The molecule has 7 unspecified atom stereocenters. The fourth-order valence-corrected chi connectivity index (χ4v) is 17.6. The predicted octanol–water partition coefficient (Wildman–Crippen LogP) is 17.9. The molecule has 0 spiro atoms. The second kappa shape index (κ2) is 39.9. The third-order valence-electron chi connectivity index (χ3n) is 25.0. The Labute approximate surface area is 708 Å². The molecule has 0 bridgehead atoms. The number of aliphatic hydroxyl groups excluding tert-OH is 1. The molecule has 0 radical (unpaired) electrons. The first-order chi connectivity index (χ1) is 57.9. The Hall–Kier alpha value is -10.3. The van der Waals surface area contributed by atoms with Crippen molar-refractivity contribution in [3.8, 4) is 34.5 Å². The second-order valence-corrected chi connectivity index (χ2v) is 33.6. The number of nitrogens with one attached hydrogen (secondary N) is 2. The van der Waals surface area contributed by atoms with Gasteiger partial charge in [0.05, 0.1) is 86.0 Å². The van der Waals surface area contributed by atoms with E-state index in [0.717, 1.165) is 271 Å². The van der Waals surface area contributed by atoms with Crippen LogP contribution < -0.4 is 62.0 Å². The van der Waals surface area contributed by atoms with Crippen molar-refractivity contribution in [2.45, 2.75) is 256 Å². The van der Waals surface area contributed by atoms with Crippen molar-refractivity contribution in [2.24, 2.45) is 23.7 Å². The molecule has 7 aliphatic rings. The van der Waals surface area contributed by atoms with Crippen LogP contribution in [-0.4, -0.2) is 146 Å². The van der Waals surface area contributed by atoms with Crippen LogP contribution in [0.25, 0.3) is 66.2 Å². The lowest BCUT2D eigenvalue weighted by atomic mass is 9.93. The Balaban J connectivity index is 0.000000124. The van der Waals surface area contributed by atoms with E-state index in [1.807, 2.05) is 68.7 Å². The molecule has 0 saturated heterocycles. The minimum Gasteiger partial charge on any atom is -0.493 e. The van der Waals surface area contributed by atoms with Gasteiger partial charge in [-0.15, -0.1) is 0 Å². The van der Waals surface area contributed by atoms with Crippen molar-refractivity contribution >= 4 is 102 Å². The van der Waals surface area contributed by atoms with E-state index in [2.05, 4.69) is 156 Å². The van der Waals surface area contributed by atoms with Gasteiger partial charge in [0, 0.05) is 112 Å². The lowest BCUT2D eigenvalue weighted by Gasteiger charge is -2.28. The number of aryl methyl sites for hydroxylation is 4. The monoisotopic (exact) mass is 1640 g/mol. The molecule has 6 aromatic carbocycles. The first-order valence-corrected chi connectivity index (χ1v) is 44.7. The molecule has 12 aromatic rings. The Morgan fingerprint density at radius 1 is 0.417 bits per heavy atom. The largest absolute Gasteiger partial charge is 0.493 e. The molecule has 11 N–H and O–H groups in total. The van der Waals surface area contributed by atoms with Gasteiger partial charge in [-0.05, 0) is 188 Å². The number of benzene rings is 6. The number of anilines is 6. The number of imidazole rings is 6. The summed E-state index contributed by atoms with van der Waals surface area (Å²) in [6, 6.07) is 26.3. The molecule has 120 heavy (non-hydrogen) atoms. The molecule has 7 atom stereocenters. The van der Waals surface area contributed by atoms with E-state index in [9.17, 15) is 5.11 Å². The van der Waals surface area contributed by atoms with Crippen molar-refractivity contribution in [2.75, 3.05) is 93.7 Å². The summed E-state index contributed by atoms with van der Waals surface area (Å²) >= 11 is 0. The van der Waals surface area contributed by atoms with Gasteiger partial charge in [-0.25, -0.2) is 29.9 Å². The van der Waals surface area contributed by atoms with Gasteiger partial charge in [-0.3, -0.25) is 0 Å². The van der Waals surface area contributed by atoms with Crippen molar-refractivity contribution in [1.29, 1.82) is 0 Å². The minimum absolute atomic E-state index is 0. The molecule has 0 fully saturated rings. The molecule has 0 amide bonds. The number of rotatable bonds is 23. The number of nitrogens with zero attached hydrogens (tertiary/aromatic N) is 13. The molecule has 6 aromatic heterocycles. The van der Waals surface area contributed by atoms with E-state index in [1.54, 1.807) is 0 Å². The van der Waals surface area contributed by atoms with Crippen molar-refractivity contribution in [3.63, 3.8) is 0 Å². The van der Waals surface area contributed by atoms with Crippen molar-refractivity contribution in [1.82, 2.24) is 62.2 Å². The molecular weight excluding hydrogens is 1510 g/mol. The molecule has 13 heterocycles. The normalized spacial score (nSPS) is 18.7. The average molecular weight is 1640 g/mol. The number of nitrogens with two attached hydrogens (primary N) is 4. The first-order valence-electron chi connectivity index (χ1n) is 44.7. The van der Waals surface area contributed by atoms with E-state index in [1.165, 1.54) is 63.6 Å². The summed E-state index contributed by atoms with van der Waals surface area (Å²) in [5.74, 6) is 12.9. The smallest absolute Gasteiger partial charge is 0.203 e. The SMILES string of the molecule is C.CCC1CNc2nc3ccc4c(c3n2C1)CC(CC)O4.CCC1COc2ccc3nc4n(c3c2C1)CC(CC)CN4.CCCCn1c(N)nc2ccc(OCCN(C)C)cc21.CCCCn1c(N)nc2ccc3c(c21)CC(CC)CO3.CCCCn1c(N)nc2ccc3c(c21)CC(CC)O3.CCCCn1c(N)nc2ccc3c(c21)CC(CO)O3. The van der Waals surface area contributed by atoms with E-state index in [-0.39, 0.29) is 20.1 Å². The van der Waals surface area contributed by atoms with Crippen LogP contribution in [0.2, 0.25) is 0 Å². The van der Waals surface area contributed by atoms with Crippen molar-refractivity contribution < 1.29 is 33.5 Å². The summed E-state index contributed by atoms with van der Waals surface area (Å²) in [6.45, 7) is 33.2. The summed E-state index contributed by atoms with van der Waals surface area (Å²) < 4.78 is 48.6. The van der Waals surface area contributed by atoms with E-state index >= 15 is 0 Å². The van der Waals surface area contributed by atoms with Crippen LogP contribution in [0.5, 0.6) is 34.5 Å². The number of aliphatic hydroxyl groups is 1. The lowest BCUT2D eigenvalue weighted by molar-refractivity contribution is 0.134. The van der Waals surface area contributed by atoms with Crippen LogP contribution in [0.3, 0.4) is 0 Å². The van der Waals surface area contributed by atoms with E-state index in [4.69, 9.17) is 61.3 Å². The lowest BCUT2D eigenvalue weighted by Crippen LogP contribution is -2.27. The summed E-state index contributed by atoms with van der Waals surface area (Å²) in [6.07, 6.45) is 21.2. The van der Waals surface area contributed by atoms with Gasteiger partial charge >= 0.3 is 0 Å². The maximum atomic E-state index is 9.25. The Bertz CT molecular complexity index is 5330. The molecule has 19 rings (SSSR count). The molecular formula is C94H135N19O7. The topological polar surface area (TPSA) is 314 Å². The predicted molar refractivity (Wildman–Crippen MR) is 489 cm³/mol. The maximum Gasteiger partial charge on any atom is 0.203 e. The number of fused-ring (bicyclic) bond motifs is 20. The molecule has 0 saturated carbocycles. The highest BCUT2D eigenvalue weighted by Gasteiger charge is 2.33. The zero-order chi connectivity index (χ0) is 83.5.